The van der Waals surface area contributed by atoms with Gasteiger partial charge < -0.3 is 10.8 Å². The fourth-order valence-corrected chi connectivity index (χ4v) is 3.93. The van der Waals surface area contributed by atoms with Crippen LogP contribution in [-0.4, -0.2) is 32.7 Å². The second-order valence-corrected chi connectivity index (χ2v) is 6.64. The molecule has 2 heterocycles. The number of carboxylic acids is 1. The van der Waals surface area contributed by atoms with E-state index in [0.29, 0.717) is 10.6 Å². The largest absolute Gasteiger partial charge is 0.481 e. The van der Waals surface area contributed by atoms with Gasteiger partial charge in [-0.05, 0) is 23.8 Å². The molecule has 116 valence electrons. The van der Waals surface area contributed by atoms with Crippen molar-refractivity contribution in [1.29, 1.82) is 0 Å². The number of fused-ring (bicyclic) bond motifs is 1. The Bertz CT molecular complexity index is 891. The molecule has 3 N–H and O–H groups in total. The van der Waals surface area contributed by atoms with Gasteiger partial charge in [0, 0.05) is 10.4 Å². The molecule has 0 fully saturated rings. The molecule has 0 unspecified atom stereocenters. The van der Waals surface area contributed by atoms with E-state index in [1.54, 1.807) is 12.1 Å². The van der Waals surface area contributed by atoms with Crippen molar-refractivity contribution in [1.82, 2.24) is 9.97 Å². The highest BCUT2D eigenvalue weighted by Gasteiger charge is 2.12. The predicted molar refractivity (Wildman–Crippen MR) is 89.7 cm³/mol. The van der Waals surface area contributed by atoms with E-state index in [4.69, 9.17) is 10.8 Å². The SMILES string of the molecule is NC(=O)c1ccc(-c2cc3ncnc(SCC(=O)O)c3s2)cc1. The smallest absolute Gasteiger partial charge is 0.313 e. The Morgan fingerprint density at radius 2 is 1.96 bits per heavy atom. The summed E-state index contributed by atoms with van der Waals surface area (Å²) in [6, 6.07) is 8.91. The van der Waals surface area contributed by atoms with Gasteiger partial charge in [-0.1, -0.05) is 23.9 Å². The summed E-state index contributed by atoms with van der Waals surface area (Å²) >= 11 is 2.66. The molecule has 0 radical (unpaired) electrons. The van der Waals surface area contributed by atoms with Gasteiger partial charge in [-0.3, -0.25) is 9.59 Å². The fraction of sp³-hybridized carbons (Fsp3) is 0.0667. The van der Waals surface area contributed by atoms with Crippen LogP contribution in [0.15, 0.2) is 41.7 Å². The van der Waals surface area contributed by atoms with Crippen LogP contribution in [0.4, 0.5) is 0 Å². The highest BCUT2D eigenvalue weighted by Crippen LogP contribution is 2.36. The molecule has 1 aromatic carbocycles. The van der Waals surface area contributed by atoms with Crippen molar-refractivity contribution in [2.45, 2.75) is 5.03 Å². The minimum absolute atomic E-state index is 0.0490. The number of amides is 1. The number of carboxylic acid groups (broad SMARTS) is 1. The summed E-state index contributed by atoms with van der Waals surface area (Å²) in [5, 5.41) is 9.46. The number of nitrogens with zero attached hydrogens (tertiary/aromatic N) is 2. The number of hydrogen-bond donors (Lipinski definition) is 2. The summed E-state index contributed by atoms with van der Waals surface area (Å²) in [7, 11) is 0. The third kappa shape index (κ3) is 3.33. The number of aliphatic carboxylic acids is 1. The van der Waals surface area contributed by atoms with Gasteiger partial charge in [0.2, 0.25) is 5.91 Å². The third-order valence-corrected chi connectivity index (χ3v) is 5.35. The number of primary amides is 1. The number of nitrogens with two attached hydrogens (primary N) is 1. The van der Waals surface area contributed by atoms with Crippen LogP contribution in [0, 0.1) is 0 Å². The maximum Gasteiger partial charge on any atom is 0.313 e. The van der Waals surface area contributed by atoms with Crippen molar-refractivity contribution < 1.29 is 14.7 Å². The number of thiophene rings is 1. The molecular formula is C15H11N3O3S2. The Morgan fingerprint density at radius 3 is 2.61 bits per heavy atom. The summed E-state index contributed by atoms with van der Waals surface area (Å²) in [5.41, 5.74) is 7.39. The van der Waals surface area contributed by atoms with Crippen molar-refractivity contribution in [2.75, 3.05) is 5.75 Å². The Morgan fingerprint density at radius 1 is 1.22 bits per heavy atom. The molecular weight excluding hydrogens is 334 g/mol. The number of carbonyl (C=O) groups is 2. The van der Waals surface area contributed by atoms with E-state index in [9.17, 15) is 9.59 Å². The highest BCUT2D eigenvalue weighted by molar-refractivity contribution is 8.00. The average Bonchev–Trinajstić information content (AvgIpc) is 2.97. The Kier molecular flexibility index (Phi) is 4.26. The molecule has 0 saturated carbocycles. The number of aromatic nitrogens is 2. The first-order valence-electron chi connectivity index (χ1n) is 6.54. The van der Waals surface area contributed by atoms with Gasteiger partial charge >= 0.3 is 5.97 Å². The number of carbonyl (C=O) groups excluding carboxylic acids is 1. The normalized spacial score (nSPS) is 10.8. The van der Waals surface area contributed by atoms with Crippen LogP contribution in [-0.2, 0) is 4.79 Å². The van der Waals surface area contributed by atoms with E-state index in [-0.39, 0.29) is 5.75 Å². The molecule has 0 saturated heterocycles. The van der Waals surface area contributed by atoms with E-state index in [1.165, 1.54) is 29.4 Å². The zero-order chi connectivity index (χ0) is 16.4. The zero-order valence-corrected chi connectivity index (χ0v) is 13.4. The van der Waals surface area contributed by atoms with Gasteiger partial charge in [-0.15, -0.1) is 11.3 Å². The van der Waals surface area contributed by atoms with Crippen LogP contribution in [0.3, 0.4) is 0 Å². The van der Waals surface area contributed by atoms with Crippen molar-refractivity contribution in [3.63, 3.8) is 0 Å². The molecule has 8 heteroatoms. The van der Waals surface area contributed by atoms with E-state index in [1.807, 2.05) is 18.2 Å². The fourth-order valence-electron chi connectivity index (χ4n) is 2.01. The van der Waals surface area contributed by atoms with Gasteiger partial charge in [0.15, 0.2) is 0 Å². The number of thioether (sulfide) groups is 1. The average molecular weight is 345 g/mol. The van der Waals surface area contributed by atoms with E-state index in [2.05, 4.69) is 9.97 Å². The van der Waals surface area contributed by atoms with Crippen LogP contribution in [0.1, 0.15) is 10.4 Å². The Hall–Kier alpha value is -2.45. The molecule has 0 aliphatic heterocycles. The lowest BCUT2D eigenvalue weighted by Crippen LogP contribution is -2.10. The van der Waals surface area contributed by atoms with Crippen LogP contribution >= 0.6 is 23.1 Å². The topological polar surface area (TPSA) is 106 Å². The number of hydrogen-bond acceptors (Lipinski definition) is 6. The molecule has 3 rings (SSSR count). The summed E-state index contributed by atoms with van der Waals surface area (Å²) in [4.78, 5) is 31.2. The third-order valence-electron chi connectivity index (χ3n) is 3.06. The van der Waals surface area contributed by atoms with E-state index in [0.717, 1.165) is 20.7 Å². The lowest BCUT2D eigenvalue weighted by atomic mass is 10.1. The van der Waals surface area contributed by atoms with Crippen molar-refractivity contribution in [2.24, 2.45) is 5.73 Å². The summed E-state index contributed by atoms with van der Waals surface area (Å²) < 4.78 is 0.854. The van der Waals surface area contributed by atoms with Gasteiger partial charge in [0.05, 0.1) is 16.0 Å². The van der Waals surface area contributed by atoms with Crippen LogP contribution < -0.4 is 5.73 Å². The number of rotatable bonds is 5. The first-order chi connectivity index (χ1) is 11.0. The molecule has 23 heavy (non-hydrogen) atoms. The van der Waals surface area contributed by atoms with E-state index >= 15 is 0 Å². The molecule has 1 amide bonds. The van der Waals surface area contributed by atoms with Gasteiger partial charge in [0.1, 0.15) is 11.4 Å². The first kappa shape index (κ1) is 15.4. The summed E-state index contributed by atoms with van der Waals surface area (Å²) in [6.07, 6.45) is 1.43. The molecule has 0 atom stereocenters. The monoisotopic (exact) mass is 345 g/mol. The Labute approximate surface area is 139 Å². The predicted octanol–water partition coefficient (Wildman–Crippen LogP) is 2.63. The summed E-state index contributed by atoms with van der Waals surface area (Å²) in [6.45, 7) is 0. The zero-order valence-electron chi connectivity index (χ0n) is 11.7. The van der Waals surface area contributed by atoms with Crippen molar-refractivity contribution in [3.8, 4) is 10.4 Å². The molecule has 6 nitrogen and oxygen atoms in total. The second-order valence-electron chi connectivity index (χ2n) is 4.63. The summed E-state index contributed by atoms with van der Waals surface area (Å²) in [5.74, 6) is -1.40. The Balaban J connectivity index is 1.97. The van der Waals surface area contributed by atoms with Crippen LogP contribution in [0.2, 0.25) is 0 Å². The number of benzene rings is 1. The van der Waals surface area contributed by atoms with Crippen LogP contribution in [0.5, 0.6) is 0 Å². The van der Waals surface area contributed by atoms with Gasteiger partial charge in [0.25, 0.3) is 0 Å². The lowest BCUT2D eigenvalue weighted by molar-refractivity contribution is -0.133. The van der Waals surface area contributed by atoms with Gasteiger partial charge in [-0.2, -0.15) is 0 Å². The maximum atomic E-state index is 11.1. The molecule has 0 aliphatic carbocycles. The molecule has 2 aromatic heterocycles. The quantitative estimate of drug-likeness (QED) is 0.544. The lowest BCUT2D eigenvalue weighted by Gasteiger charge is -1.99. The van der Waals surface area contributed by atoms with Crippen LogP contribution in [0.25, 0.3) is 20.7 Å². The van der Waals surface area contributed by atoms with Crippen molar-refractivity contribution in [3.05, 3.63) is 42.2 Å². The molecule has 0 spiro atoms. The van der Waals surface area contributed by atoms with Gasteiger partial charge in [-0.25, -0.2) is 9.97 Å². The van der Waals surface area contributed by atoms with Crippen molar-refractivity contribution >= 4 is 45.2 Å². The molecule has 3 aromatic rings. The van der Waals surface area contributed by atoms with E-state index < -0.39 is 11.9 Å². The maximum absolute atomic E-state index is 11.1. The first-order valence-corrected chi connectivity index (χ1v) is 8.34. The molecule has 0 bridgehead atoms. The minimum atomic E-state index is -0.888. The highest BCUT2D eigenvalue weighted by atomic mass is 32.2. The molecule has 0 aliphatic rings. The second kappa shape index (κ2) is 6.35. The standard InChI is InChI=1S/C15H11N3O3S2/c16-14(21)9-3-1-8(2-4-9)11-5-10-13(23-11)15(18-7-17-10)22-6-12(19)20/h1-5,7H,6H2,(H2,16,21)(H,19,20). The minimum Gasteiger partial charge on any atom is -0.481 e.